The number of rotatable bonds is 0. The molecule has 0 spiro atoms. The molecule has 0 N–H and O–H groups in total. The SMILES string of the molecule is [N-]=[N+]=C1CC(=O)C(=O)C(=O)C1=O. The summed E-state index contributed by atoms with van der Waals surface area (Å²) in [6.07, 6.45) is -0.597. The number of hydrogen-bond donors (Lipinski definition) is 0. The molecule has 1 rings (SSSR count). The Kier molecular flexibility index (Phi) is 1.76. The van der Waals surface area contributed by atoms with Crippen molar-refractivity contribution < 1.29 is 24.0 Å². The van der Waals surface area contributed by atoms with Crippen molar-refractivity contribution in [3.05, 3.63) is 5.53 Å². The van der Waals surface area contributed by atoms with Gasteiger partial charge in [0.2, 0.25) is 5.78 Å². The van der Waals surface area contributed by atoms with E-state index >= 15 is 0 Å². The average Bonchev–Trinajstić information content (AvgIpc) is 2.08. The highest BCUT2D eigenvalue weighted by Gasteiger charge is 2.43. The topological polar surface area (TPSA) is 105 Å². The zero-order valence-electron chi connectivity index (χ0n) is 5.73. The van der Waals surface area contributed by atoms with Gasteiger partial charge in [-0.15, -0.1) is 0 Å². The number of Topliss-reactive ketones (excluding diaryl/α,β-unsaturated/α-hetero) is 4. The number of nitrogens with zero attached hydrogens (tertiary/aromatic N) is 2. The molecule has 0 bridgehead atoms. The summed E-state index contributed by atoms with van der Waals surface area (Å²) < 4.78 is 0. The molecule has 0 heterocycles. The molecule has 0 aromatic heterocycles. The molecule has 1 saturated carbocycles. The van der Waals surface area contributed by atoms with E-state index in [9.17, 15) is 19.2 Å². The Balaban J connectivity index is 3.18. The largest absolute Gasteiger partial charge is 0.361 e. The van der Waals surface area contributed by atoms with Crippen LogP contribution in [0.15, 0.2) is 0 Å². The molecule has 1 aliphatic rings. The van der Waals surface area contributed by atoms with Gasteiger partial charge in [-0.3, -0.25) is 19.2 Å². The molecule has 6 heteroatoms. The summed E-state index contributed by atoms with van der Waals surface area (Å²) in [5, 5.41) is 0. The minimum absolute atomic E-state index is 0.579. The Morgan fingerprint density at radius 2 is 1.58 bits per heavy atom. The monoisotopic (exact) mass is 166 g/mol. The fourth-order valence-electron chi connectivity index (χ4n) is 0.754. The molecule has 60 valence electrons. The van der Waals surface area contributed by atoms with Gasteiger partial charge in [0.1, 0.15) is 6.42 Å². The van der Waals surface area contributed by atoms with Crippen molar-refractivity contribution in [2.24, 2.45) is 0 Å². The third-order valence-electron chi connectivity index (χ3n) is 1.38. The van der Waals surface area contributed by atoms with E-state index in [4.69, 9.17) is 5.53 Å². The van der Waals surface area contributed by atoms with Crippen molar-refractivity contribution >= 4 is 28.8 Å². The fourth-order valence-corrected chi connectivity index (χ4v) is 0.754. The standard InChI is InChI=1S/C6H2N2O4/c7-8-2-1-3(9)5(11)6(12)4(2)10/h1H2. The summed E-state index contributed by atoms with van der Waals surface area (Å²) >= 11 is 0. The van der Waals surface area contributed by atoms with E-state index in [2.05, 4.69) is 4.79 Å². The van der Waals surface area contributed by atoms with Crippen LogP contribution in [0.1, 0.15) is 6.42 Å². The molecule has 6 nitrogen and oxygen atoms in total. The highest BCUT2D eigenvalue weighted by atomic mass is 16.2. The van der Waals surface area contributed by atoms with Crippen LogP contribution < -0.4 is 0 Å². The highest BCUT2D eigenvalue weighted by molar-refractivity contribution is 6.91. The molecule has 12 heavy (non-hydrogen) atoms. The quantitative estimate of drug-likeness (QED) is 0.244. The molecule has 0 aliphatic heterocycles. The second-order valence-electron chi connectivity index (χ2n) is 2.13. The van der Waals surface area contributed by atoms with E-state index in [0.29, 0.717) is 0 Å². The predicted octanol–water partition coefficient (Wildman–Crippen LogP) is -1.66. The molecule has 1 aliphatic carbocycles. The number of carbonyl (C=O) groups excluding carboxylic acids is 4. The van der Waals surface area contributed by atoms with Crippen LogP contribution in [-0.2, 0) is 19.2 Å². The number of carbonyl (C=O) groups is 4. The van der Waals surface area contributed by atoms with Crippen LogP contribution >= 0.6 is 0 Å². The Morgan fingerprint density at radius 1 is 1.00 bits per heavy atom. The first-order valence-electron chi connectivity index (χ1n) is 2.95. The minimum Gasteiger partial charge on any atom is -0.361 e. The molecule has 0 radical (unpaired) electrons. The maximum atomic E-state index is 10.7. The van der Waals surface area contributed by atoms with Gasteiger partial charge in [-0.2, -0.15) is 4.79 Å². The van der Waals surface area contributed by atoms with Gasteiger partial charge in [-0.1, -0.05) is 0 Å². The lowest BCUT2D eigenvalue weighted by Crippen LogP contribution is -2.42. The molecule has 0 aromatic rings. The summed E-state index contributed by atoms with van der Waals surface area (Å²) in [7, 11) is 0. The summed E-state index contributed by atoms with van der Waals surface area (Å²) in [6.45, 7) is 0. The van der Waals surface area contributed by atoms with Gasteiger partial charge >= 0.3 is 11.5 Å². The molecule has 0 unspecified atom stereocenters. The molecular weight excluding hydrogens is 164 g/mol. The van der Waals surface area contributed by atoms with E-state index in [1.165, 1.54) is 0 Å². The minimum atomic E-state index is -1.43. The van der Waals surface area contributed by atoms with Crippen LogP contribution in [0.2, 0.25) is 0 Å². The van der Waals surface area contributed by atoms with Crippen molar-refractivity contribution in [2.45, 2.75) is 6.42 Å². The van der Waals surface area contributed by atoms with E-state index in [1.807, 2.05) is 0 Å². The highest BCUT2D eigenvalue weighted by Crippen LogP contribution is 2.00. The van der Waals surface area contributed by atoms with Gasteiger partial charge in [0, 0.05) is 0 Å². The second-order valence-corrected chi connectivity index (χ2v) is 2.13. The molecule has 0 amide bonds. The van der Waals surface area contributed by atoms with Crippen LogP contribution in [0.3, 0.4) is 0 Å². The maximum Gasteiger partial charge on any atom is 0.350 e. The predicted molar refractivity (Wildman–Crippen MR) is 33.3 cm³/mol. The van der Waals surface area contributed by atoms with E-state index in [0.717, 1.165) is 0 Å². The van der Waals surface area contributed by atoms with E-state index < -0.39 is 35.3 Å². The summed E-state index contributed by atoms with van der Waals surface area (Å²) in [6, 6.07) is 0. The molecule has 0 aromatic carbocycles. The smallest absolute Gasteiger partial charge is 0.350 e. The van der Waals surface area contributed by atoms with E-state index in [1.54, 1.807) is 0 Å². The molecule has 0 atom stereocenters. The summed E-state index contributed by atoms with van der Waals surface area (Å²) in [4.78, 5) is 44.9. The number of hydrogen-bond acceptors (Lipinski definition) is 4. The van der Waals surface area contributed by atoms with Gasteiger partial charge in [0.25, 0.3) is 11.6 Å². The zero-order valence-corrected chi connectivity index (χ0v) is 5.73. The Hall–Kier alpha value is -1.94. The normalized spacial score (nSPS) is 18.2. The molecule has 0 saturated heterocycles. The first kappa shape index (κ1) is 8.16. The van der Waals surface area contributed by atoms with Crippen molar-refractivity contribution in [1.29, 1.82) is 0 Å². The first-order chi connectivity index (χ1) is 5.57. The third-order valence-corrected chi connectivity index (χ3v) is 1.38. The number of ketones is 4. The lowest BCUT2D eigenvalue weighted by Gasteiger charge is -1.99. The second kappa shape index (κ2) is 2.60. The van der Waals surface area contributed by atoms with Gasteiger partial charge < -0.3 is 5.53 Å². The fraction of sp³-hybridized carbons (Fsp3) is 0.167. The van der Waals surface area contributed by atoms with E-state index in [-0.39, 0.29) is 0 Å². The van der Waals surface area contributed by atoms with Gasteiger partial charge in [0.05, 0.1) is 0 Å². The molecular formula is C6H2N2O4. The van der Waals surface area contributed by atoms with Crippen molar-refractivity contribution in [3.63, 3.8) is 0 Å². The van der Waals surface area contributed by atoms with Crippen LogP contribution in [0.5, 0.6) is 0 Å². The van der Waals surface area contributed by atoms with Gasteiger partial charge in [0.15, 0.2) is 0 Å². The summed E-state index contributed by atoms with van der Waals surface area (Å²) in [5.74, 6) is -5.00. The van der Waals surface area contributed by atoms with Crippen molar-refractivity contribution in [3.8, 4) is 0 Å². The summed E-state index contributed by atoms with van der Waals surface area (Å²) in [5.41, 5.74) is 7.56. The lowest BCUT2D eigenvalue weighted by molar-refractivity contribution is -0.149. The first-order valence-corrected chi connectivity index (χ1v) is 2.95. The Bertz CT molecular complexity index is 362. The lowest BCUT2D eigenvalue weighted by atomic mass is 9.94. The van der Waals surface area contributed by atoms with Gasteiger partial charge in [-0.25, -0.2) is 0 Å². The van der Waals surface area contributed by atoms with Crippen molar-refractivity contribution in [1.82, 2.24) is 0 Å². The Labute approximate surface area is 65.8 Å². The average molecular weight is 166 g/mol. The Morgan fingerprint density at radius 3 is 2.08 bits per heavy atom. The van der Waals surface area contributed by atoms with Crippen molar-refractivity contribution in [2.75, 3.05) is 0 Å². The van der Waals surface area contributed by atoms with Crippen LogP contribution in [0.4, 0.5) is 0 Å². The maximum absolute atomic E-state index is 10.7. The zero-order chi connectivity index (χ0) is 9.30. The third kappa shape index (κ3) is 0.998. The van der Waals surface area contributed by atoms with Crippen LogP contribution in [0, 0.1) is 0 Å². The molecule has 1 fully saturated rings. The van der Waals surface area contributed by atoms with Crippen LogP contribution in [-0.4, -0.2) is 33.6 Å². The van der Waals surface area contributed by atoms with Crippen LogP contribution in [0.25, 0.3) is 5.53 Å². The van der Waals surface area contributed by atoms with Gasteiger partial charge in [-0.05, 0) is 0 Å².